The number of rotatable bonds is 4. The molecular formula is C34H30N+. The lowest BCUT2D eigenvalue weighted by Gasteiger charge is -2.43. The van der Waals surface area contributed by atoms with Crippen molar-refractivity contribution in [2.24, 2.45) is 5.92 Å². The molecule has 0 spiro atoms. The molecular weight excluding hydrogens is 422 g/mol. The van der Waals surface area contributed by atoms with E-state index < -0.39 is 0 Å². The second kappa shape index (κ2) is 7.67. The highest BCUT2D eigenvalue weighted by atomic mass is 15.1. The summed E-state index contributed by atoms with van der Waals surface area (Å²) in [6, 6.07) is 27.3. The summed E-state index contributed by atoms with van der Waals surface area (Å²) in [5.74, 6) is 1.85. The minimum absolute atomic E-state index is 0.302. The van der Waals surface area contributed by atoms with Crippen LogP contribution in [-0.2, 0) is 0 Å². The van der Waals surface area contributed by atoms with E-state index in [0.29, 0.717) is 23.7 Å². The van der Waals surface area contributed by atoms with Crippen LogP contribution in [0.3, 0.4) is 0 Å². The van der Waals surface area contributed by atoms with Crippen LogP contribution in [0.5, 0.6) is 0 Å². The number of hydrogen-bond donors (Lipinski definition) is 0. The summed E-state index contributed by atoms with van der Waals surface area (Å²) in [4.78, 5) is 0. The normalized spacial score (nSPS) is 24.2. The number of benzene rings is 3. The van der Waals surface area contributed by atoms with Crippen LogP contribution in [0.4, 0.5) is 0 Å². The van der Waals surface area contributed by atoms with E-state index in [2.05, 4.69) is 122 Å². The lowest BCUT2D eigenvalue weighted by molar-refractivity contribution is -0.359. The molecule has 1 nitrogen and oxygen atoms in total. The fourth-order valence-corrected chi connectivity index (χ4v) is 6.72. The lowest BCUT2D eigenvalue weighted by Crippen LogP contribution is -2.28. The Morgan fingerprint density at radius 1 is 0.914 bits per heavy atom. The van der Waals surface area contributed by atoms with Gasteiger partial charge in [0.15, 0.2) is 6.21 Å². The molecule has 0 fully saturated rings. The first kappa shape index (κ1) is 20.7. The Morgan fingerprint density at radius 3 is 2.54 bits per heavy atom. The first-order chi connectivity index (χ1) is 17.1. The van der Waals surface area contributed by atoms with Gasteiger partial charge in [0.2, 0.25) is 5.70 Å². The summed E-state index contributed by atoms with van der Waals surface area (Å²) in [6.07, 6.45) is 7.84. The maximum Gasteiger partial charge on any atom is 0.262 e. The molecule has 8 rings (SSSR count). The summed E-state index contributed by atoms with van der Waals surface area (Å²) >= 11 is 0. The second-order valence-electron chi connectivity index (χ2n) is 10.8. The third kappa shape index (κ3) is 2.92. The maximum atomic E-state index is 3.60. The maximum absolute atomic E-state index is 3.60. The largest absolute Gasteiger partial charge is 0.262 e. The first-order valence-corrected chi connectivity index (χ1v) is 13.0. The summed E-state index contributed by atoms with van der Waals surface area (Å²) in [6.45, 7) is 7.01. The van der Waals surface area contributed by atoms with E-state index in [9.17, 15) is 0 Å². The van der Waals surface area contributed by atoms with Gasteiger partial charge in [-0.15, -0.1) is 0 Å². The van der Waals surface area contributed by atoms with Crippen molar-refractivity contribution in [2.75, 3.05) is 0 Å². The van der Waals surface area contributed by atoms with Crippen molar-refractivity contribution < 1.29 is 4.58 Å². The van der Waals surface area contributed by atoms with Crippen LogP contribution in [0.15, 0.2) is 108 Å². The molecule has 3 atom stereocenters. The van der Waals surface area contributed by atoms with Gasteiger partial charge in [-0.1, -0.05) is 81.4 Å². The average molecular weight is 453 g/mol. The zero-order valence-corrected chi connectivity index (χ0v) is 20.6. The fourth-order valence-electron chi connectivity index (χ4n) is 6.72. The molecule has 0 saturated heterocycles. The molecule has 3 aromatic rings. The SMILES string of the molecule is CC(C)CC=[N+]1C2=C=CC=C2C(C2c3ccccc3-c3cc4ccc3C2C4C)=C1c1ccccc1. The Bertz CT molecular complexity index is 1540. The van der Waals surface area contributed by atoms with Crippen LogP contribution in [0.25, 0.3) is 16.8 Å². The van der Waals surface area contributed by atoms with Gasteiger partial charge in [0.05, 0.1) is 5.57 Å². The van der Waals surface area contributed by atoms with E-state index >= 15 is 0 Å². The highest BCUT2D eigenvalue weighted by molar-refractivity contribution is 5.85. The second-order valence-corrected chi connectivity index (χ2v) is 10.8. The Kier molecular flexibility index (Phi) is 4.53. The van der Waals surface area contributed by atoms with Crippen LogP contribution in [0, 0.1) is 5.92 Å². The van der Waals surface area contributed by atoms with Crippen LogP contribution >= 0.6 is 0 Å². The van der Waals surface area contributed by atoms with Gasteiger partial charge < -0.3 is 0 Å². The zero-order chi connectivity index (χ0) is 23.7. The Balaban J connectivity index is 1.55. The van der Waals surface area contributed by atoms with Crippen LogP contribution < -0.4 is 0 Å². The molecule has 4 aliphatic carbocycles. The number of allylic oxidation sites excluding steroid dienone is 2. The van der Waals surface area contributed by atoms with Crippen molar-refractivity contribution in [1.82, 2.24) is 0 Å². The zero-order valence-electron chi connectivity index (χ0n) is 20.6. The van der Waals surface area contributed by atoms with Crippen LogP contribution in [-0.4, -0.2) is 10.8 Å². The van der Waals surface area contributed by atoms with Gasteiger partial charge in [-0.3, -0.25) is 0 Å². The molecule has 1 heteroatoms. The molecule has 3 aromatic carbocycles. The molecule has 1 aliphatic heterocycles. The predicted octanol–water partition coefficient (Wildman–Crippen LogP) is 8.18. The number of nitrogens with zero attached hydrogens (tertiary/aromatic N) is 1. The molecule has 35 heavy (non-hydrogen) atoms. The molecule has 1 heterocycles. The smallest absolute Gasteiger partial charge is 0.156 e. The highest BCUT2D eigenvalue weighted by Gasteiger charge is 2.50. The predicted molar refractivity (Wildman–Crippen MR) is 145 cm³/mol. The van der Waals surface area contributed by atoms with Crippen LogP contribution in [0.1, 0.15) is 67.2 Å². The minimum atomic E-state index is 0.302. The molecule has 5 aliphatic rings. The Hall–Kier alpha value is -3.67. The molecule has 4 bridgehead atoms. The molecule has 0 N–H and O–H groups in total. The van der Waals surface area contributed by atoms with Crippen molar-refractivity contribution in [2.45, 2.75) is 44.9 Å². The molecule has 0 saturated carbocycles. The number of fused-ring (bicyclic) bond motifs is 3. The van der Waals surface area contributed by atoms with E-state index in [1.165, 1.54) is 55.9 Å². The fraction of sp³-hybridized carbons (Fsp3) is 0.235. The molecule has 0 radical (unpaired) electrons. The minimum Gasteiger partial charge on any atom is -0.156 e. The highest BCUT2D eigenvalue weighted by Crippen LogP contribution is 2.62. The molecule has 0 aromatic heterocycles. The Labute approximate surface area is 208 Å². The molecule has 3 unspecified atom stereocenters. The summed E-state index contributed by atoms with van der Waals surface area (Å²) < 4.78 is 2.45. The third-order valence-corrected chi connectivity index (χ3v) is 8.32. The van der Waals surface area contributed by atoms with E-state index in [1.54, 1.807) is 0 Å². The monoisotopic (exact) mass is 452 g/mol. The van der Waals surface area contributed by atoms with Gasteiger partial charge in [0.25, 0.3) is 5.70 Å². The topological polar surface area (TPSA) is 3.01 Å². The van der Waals surface area contributed by atoms with Crippen molar-refractivity contribution in [3.05, 3.63) is 130 Å². The number of hydrogen-bond acceptors (Lipinski definition) is 0. The summed E-state index contributed by atoms with van der Waals surface area (Å²) in [5, 5.41) is 0. The van der Waals surface area contributed by atoms with E-state index in [-0.39, 0.29) is 0 Å². The third-order valence-electron chi connectivity index (χ3n) is 8.32. The van der Waals surface area contributed by atoms with E-state index in [4.69, 9.17) is 0 Å². The van der Waals surface area contributed by atoms with Gasteiger partial charge in [0, 0.05) is 29.4 Å². The summed E-state index contributed by atoms with van der Waals surface area (Å²) in [7, 11) is 0. The molecule has 170 valence electrons. The van der Waals surface area contributed by atoms with Crippen molar-refractivity contribution in [3.8, 4) is 11.1 Å². The van der Waals surface area contributed by atoms with E-state index in [0.717, 1.165) is 6.42 Å². The van der Waals surface area contributed by atoms with Gasteiger partial charge in [0.1, 0.15) is 0 Å². The van der Waals surface area contributed by atoms with Crippen molar-refractivity contribution in [3.63, 3.8) is 0 Å². The van der Waals surface area contributed by atoms with Crippen molar-refractivity contribution in [1.29, 1.82) is 0 Å². The molecule has 0 amide bonds. The lowest BCUT2D eigenvalue weighted by atomic mass is 9.59. The first-order valence-electron chi connectivity index (χ1n) is 13.0. The quantitative estimate of drug-likeness (QED) is 0.277. The standard InChI is InChI=1S/C34H30N/c1-21(2)18-19-35-30-15-9-14-28(30)33(34(35)23-10-5-4-6-11-23)32-26-13-8-7-12-25(26)29-20-24-16-17-27(29)31(32)22(24)3/h4-14,16-17,19-22,31-32H,18H2,1-3H3/q+1. The Morgan fingerprint density at radius 2 is 1.71 bits per heavy atom. The van der Waals surface area contributed by atoms with Gasteiger partial charge in [-0.2, -0.15) is 4.58 Å². The van der Waals surface area contributed by atoms with Crippen LogP contribution in [0.2, 0.25) is 0 Å². The summed E-state index contributed by atoms with van der Waals surface area (Å²) in [5.41, 5.74) is 17.5. The van der Waals surface area contributed by atoms with Gasteiger partial charge in [-0.05, 0) is 69.7 Å². The van der Waals surface area contributed by atoms with Gasteiger partial charge in [-0.25, -0.2) is 0 Å². The van der Waals surface area contributed by atoms with Crippen molar-refractivity contribution >= 4 is 11.9 Å². The van der Waals surface area contributed by atoms with Gasteiger partial charge >= 0.3 is 0 Å². The van der Waals surface area contributed by atoms with E-state index in [1.807, 2.05) is 0 Å². The average Bonchev–Trinajstić information content (AvgIpc) is 3.47.